The predicted octanol–water partition coefficient (Wildman–Crippen LogP) is 6.93. The van der Waals surface area contributed by atoms with Crippen LogP contribution in [-0.4, -0.2) is 46.5 Å². The summed E-state index contributed by atoms with van der Waals surface area (Å²) < 4.78 is 28.0. The number of benzene rings is 2. The normalized spacial score (nSPS) is 13.7. The lowest BCUT2D eigenvalue weighted by Crippen LogP contribution is -2.47. The largest absolute Gasteiger partial charge is 0.336 e. The van der Waals surface area contributed by atoms with Gasteiger partial charge >= 0.3 is 0 Å². The van der Waals surface area contributed by atoms with Crippen LogP contribution >= 0.6 is 11.3 Å². The Morgan fingerprint density at radius 2 is 1.67 bits per heavy atom. The molecule has 1 aliphatic heterocycles. The van der Waals surface area contributed by atoms with E-state index in [2.05, 4.69) is 45.1 Å². The van der Waals surface area contributed by atoms with Crippen molar-refractivity contribution in [1.82, 2.24) is 19.8 Å². The van der Waals surface area contributed by atoms with Gasteiger partial charge in [0, 0.05) is 48.4 Å². The van der Waals surface area contributed by atoms with E-state index in [4.69, 9.17) is 4.98 Å². The van der Waals surface area contributed by atoms with Crippen molar-refractivity contribution in [3.63, 3.8) is 0 Å². The van der Waals surface area contributed by atoms with Gasteiger partial charge in [-0.25, -0.2) is 13.8 Å². The van der Waals surface area contributed by atoms with E-state index in [1.54, 1.807) is 22.8 Å². The summed E-state index contributed by atoms with van der Waals surface area (Å²) in [6, 6.07) is 13.9. The molecule has 0 atom stereocenters. The van der Waals surface area contributed by atoms with Crippen LogP contribution < -0.4 is 10.9 Å². The predicted molar refractivity (Wildman–Crippen MR) is 170 cm³/mol. The fourth-order valence-corrected chi connectivity index (χ4v) is 6.52. The molecule has 0 radical (unpaired) electrons. The van der Waals surface area contributed by atoms with E-state index in [0.29, 0.717) is 46.9 Å². The van der Waals surface area contributed by atoms with Gasteiger partial charge in [0.1, 0.15) is 5.01 Å². The molecule has 2 aromatic heterocycles. The molecule has 0 aliphatic carbocycles. The van der Waals surface area contributed by atoms with Gasteiger partial charge in [-0.1, -0.05) is 70.2 Å². The minimum atomic E-state index is -2.55. The average Bonchev–Trinajstić information content (AvgIpc) is 3.51. The number of rotatable bonds is 9. The summed E-state index contributed by atoms with van der Waals surface area (Å²) in [6.07, 6.45) is -0.520. The fourth-order valence-electron chi connectivity index (χ4n) is 5.69. The molecule has 1 N–H and O–H groups in total. The molecule has 0 unspecified atom stereocenters. The number of carbonyl (C=O) groups excluding carboxylic acids is 1. The van der Waals surface area contributed by atoms with Gasteiger partial charge in [-0.05, 0) is 42.4 Å². The third kappa shape index (κ3) is 6.33. The molecule has 4 aromatic rings. The lowest BCUT2D eigenvalue weighted by molar-refractivity contribution is 0.0733. The molecular formula is C34H38F2N4O2S. The first-order chi connectivity index (χ1) is 20.7. The van der Waals surface area contributed by atoms with Crippen molar-refractivity contribution in [2.24, 2.45) is 5.92 Å². The molecule has 226 valence electrons. The van der Waals surface area contributed by atoms with E-state index < -0.39 is 6.43 Å². The summed E-state index contributed by atoms with van der Waals surface area (Å²) in [5, 5.41) is 5.63. The number of aryl methyl sites for hydroxylation is 2. The smallest absolute Gasteiger partial charge is 0.265 e. The van der Waals surface area contributed by atoms with Crippen LogP contribution in [0.1, 0.15) is 66.9 Å². The number of halogens is 2. The molecule has 1 aliphatic rings. The molecule has 0 spiro atoms. The van der Waals surface area contributed by atoms with E-state index >= 15 is 0 Å². The number of aromatic nitrogens is 2. The Kier molecular flexibility index (Phi) is 9.52. The maximum atomic E-state index is 14.6. The molecule has 9 heteroatoms. The number of nitrogens with zero attached hydrogens (tertiary/aromatic N) is 3. The number of thiazole rings is 1. The number of hydrogen-bond donors (Lipinski definition) is 1. The van der Waals surface area contributed by atoms with Gasteiger partial charge in [0.25, 0.3) is 17.9 Å². The fraction of sp³-hybridized carbons (Fsp3) is 0.382. The van der Waals surface area contributed by atoms with Crippen LogP contribution in [0.15, 0.2) is 58.7 Å². The summed E-state index contributed by atoms with van der Waals surface area (Å²) >= 11 is 1.31. The number of amides is 1. The lowest BCUT2D eigenvalue weighted by Gasteiger charge is -2.30. The molecule has 3 heterocycles. The quantitative estimate of drug-likeness (QED) is 0.225. The molecule has 5 rings (SSSR count). The number of nitrogens with one attached hydrogen (secondary N) is 1. The Morgan fingerprint density at radius 1 is 1.02 bits per heavy atom. The van der Waals surface area contributed by atoms with Crippen LogP contribution in [0.25, 0.3) is 27.5 Å². The number of pyridine rings is 1. The van der Waals surface area contributed by atoms with E-state index in [9.17, 15) is 18.4 Å². The molecule has 1 saturated heterocycles. The zero-order chi connectivity index (χ0) is 30.7. The zero-order valence-electron chi connectivity index (χ0n) is 25.1. The number of hydrogen-bond acceptors (Lipinski definition) is 5. The molecule has 1 fully saturated rings. The molecule has 6 nitrogen and oxygen atoms in total. The number of carbonyl (C=O) groups is 1. The highest BCUT2D eigenvalue weighted by molar-refractivity contribution is 7.13. The number of para-hydroxylation sites is 1. The molecule has 43 heavy (non-hydrogen) atoms. The van der Waals surface area contributed by atoms with Gasteiger partial charge in [-0.2, -0.15) is 0 Å². The van der Waals surface area contributed by atoms with Gasteiger partial charge < -0.3 is 10.2 Å². The third-order valence-electron chi connectivity index (χ3n) is 7.92. The van der Waals surface area contributed by atoms with Crippen molar-refractivity contribution >= 4 is 17.2 Å². The molecule has 1 amide bonds. The molecular weight excluding hydrogens is 566 g/mol. The number of piperazine rings is 1. The Balaban J connectivity index is 1.76. The maximum Gasteiger partial charge on any atom is 0.265 e. The van der Waals surface area contributed by atoms with Gasteiger partial charge in [0.15, 0.2) is 0 Å². The first-order valence-corrected chi connectivity index (χ1v) is 15.9. The standard InChI is InChI=1S/C34H38F2N4O2S/c1-5-22-8-7-9-23(6-2)30(22)40-29(18-21(3)4)26(33(41)39-16-14-37-15-17-39)19-27(34(40)42)32-38-28(20-43-32)24-10-12-25(13-11-24)31(35)36/h7-13,19-21,31,37H,5-6,14-18H2,1-4H3. The Labute approximate surface area is 255 Å². The van der Waals surface area contributed by atoms with E-state index in [-0.39, 0.29) is 22.9 Å². The van der Waals surface area contributed by atoms with E-state index in [0.717, 1.165) is 48.4 Å². The second kappa shape index (κ2) is 13.3. The van der Waals surface area contributed by atoms with E-state index in [1.807, 2.05) is 16.3 Å². The van der Waals surface area contributed by atoms with Crippen LogP contribution in [-0.2, 0) is 19.3 Å². The summed E-state index contributed by atoms with van der Waals surface area (Å²) in [5.41, 5.74) is 5.56. The highest BCUT2D eigenvalue weighted by Crippen LogP contribution is 2.32. The van der Waals surface area contributed by atoms with Crippen LogP contribution in [0.3, 0.4) is 0 Å². The van der Waals surface area contributed by atoms with Gasteiger partial charge in [-0.15, -0.1) is 11.3 Å². The van der Waals surface area contributed by atoms with Crippen molar-refractivity contribution in [3.05, 3.63) is 92.2 Å². The summed E-state index contributed by atoms with van der Waals surface area (Å²) in [4.78, 5) is 35.5. The average molecular weight is 605 g/mol. The molecule has 0 bridgehead atoms. The SMILES string of the molecule is CCc1cccc(CC)c1-n1c(CC(C)C)c(C(=O)N2CCNCC2)cc(-c2nc(-c3ccc(C(F)F)cc3)cs2)c1=O. The Hall–Kier alpha value is -3.69. The van der Waals surface area contributed by atoms with E-state index in [1.165, 1.54) is 23.5 Å². The zero-order valence-corrected chi connectivity index (χ0v) is 25.9. The monoisotopic (exact) mass is 604 g/mol. The first-order valence-electron chi connectivity index (χ1n) is 15.0. The summed E-state index contributed by atoms with van der Waals surface area (Å²) in [7, 11) is 0. The van der Waals surface area contributed by atoms with Crippen molar-refractivity contribution < 1.29 is 13.6 Å². The lowest BCUT2D eigenvalue weighted by atomic mass is 9.97. The van der Waals surface area contributed by atoms with Crippen LogP contribution in [0.5, 0.6) is 0 Å². The highest BCUT2D eigenvalue weighted by atomic mass is 32.1. The Bertz CT molecular complexity index is 1630. The minimum Gasteiger partial charge on any atom is -0.336 e. The second-order valence-corrected chi connectivity index (χ2v) is 12.1. The van der Waals surface area contributed by atoms with Crippen LogP contribution in [0.4, 0.5) is 8.78 Å². The second-order valence-electron chi connectivity index (χ2n) is 11.3. The highest BCUT2D eigenvalue weighted by Gasteiger charge is 2.28. The van der Waals surface area contributed by atoms with Gasteiger partial charge in [0.05, 0.1) is 22.5 Å². The van der Waals surface area contributed by atoms with Gasteiger partial charge in [0.2, 0.25) is 0 Å². The van der Waals surface area contributed by atoms with Gasteiger partial charge in [-0.3, -0.25) is 14.2 Å². The van der Waals surface area contributed by atoms with Crippen molar-refractivity contribution in [2.75, 3.05) is 26.2 Å². The molecule has 0 saturated carbocycles. The maximum absolute atomic E-state index is 14.6. The van der Waals surface area contributed by atoms with Crippen molar-refractivity contribution in [3.8, 4) is 27.5 Å². The minimum absolute atomic E-state index is 0.0554. The Morgan fingerprint density at radius 3 is 2.26 bits per heavy atom. The van der Waals surface area contributed by atoms with Crippen molar-refractivity contribution in [2.45, 2.75) is 53.4 Å². The first kappa shape index (κ1) is 30.8. The van der Waals surface area contributed by atoms with Crippen LogP contribution in [0, 0.1) is 5.92 Å². The third-order valence-corrected chi connectivity index (χ3v) is 8.80. The van der Waals surface area contributed by atoms with Crippen LogP contribution in [0.2, 0.25) is 0 Å². The summed E-state index contributed by atoms with van der Waals surface area (Å²) in [5.74, 6) is 0.117. The topological polar surface area (TPSA) is 67.2 Å². The molecule has 2 aromatic carbocycles. The van der Waals surface area contributed by atoms with Crippen molar-refractivity contribution in [1.29, 1.82) is 0 Å². The summed E-state index contributed by atoms with van der Waals surface area (Å²) in [6.45, 7) is 11.0. The number of alkyl halides is 2.